The Balaban J connectivity index is 2.73. The normalized spacial score (nSPS) is 12.6. The highest BCUT2D eigenvalue weighted by Crippen LogP contribution is 2.16. The van der Waals surface area contributed by atoms with E-state index >= 15 is 0 Å². The number of amides is 1. The molecule has 0 aliphatic carbocycles. The van der Waals surface area contributed by atoms with Crippen molar-refractivity contribution in [3.8, 4) is 0 Å². The van der Waals surface area contributed by atoms with E-state index in [0.29, 0.717) is 5.56 Å². The smallest absolute Gasteiger partial charge is 0.223 e. The molecule has 0 saturated carbocycles. The van der Waals surface area contributed by atoms with Crippen LogP contribution < -0.4 is 5.32 Å². The van der Waals surface area contributed by atoms with Crippen LogP contribution in [-0.4, -0.2) is 5.91 Å². The molecule has 0 bridgehead atoms. The zero-order valence-corrected chi connectivity index (χ0v) is 9.25. The summed E-state index contributed by atoms with van der Waals surface area (Å²) in [6.45, 7) is 5.39. The predicted octanol–water partition coefficient (Wildman–Crippen LogP) is 2.66. The molecule has 1 N–H and O–H groups in total. The highest BCUT2D eigenvalue weighted by Gasteiger charge is 2.14. The molecule has 82 valence electrons. The number of benzene rings is 1. The molecule has 0 saturated heterocycles. The summed E-state index contributed by atoms with van der Waals surface area (Å²) in [5.74, 6) is -0.431. The summed E-state index contributed by atoms with van der Waals surface area (Å²) in [7, 11) is 0. The molecule has 1 aromatic rings. The molecule has 15 heavy (non-hydrogen) atoms. The lowest BCUT2D eigenvalue weighted by Gasteiger charge is -2.16. The monoisotopic (exact) mass is 209 g/mol. The Morgan fingerprint density at radius 2 is 1.87 bits per heavy atom. The highest BCUT2D eigenvalue weighted by atomic mass is 19.1. The SMILES string of the molecule is CC(C)C(=O)N[C@H](C)c1ccccc1F. The Bertz CT molecular complexity index is 349. The molecule has 0 aromatic heterocycles. The summed E-state index contributed by atoms with van der Waals surface area (Å²) in [6.07, 6.45) is 0. The average Bonchev–Trinajstić information content (AvgIpc) is 2.18. The van der Waals surface area contributed by atoms with Crippen molar-refractivity contribution < 1.29 is 9.18 Å². The second-order valence-corrected chi connectivity index (χ2v) is 3.91. The second-order valence-electron chi connectivity index (χ2n) is 3.91. The van der Waals surface area contributed by atoms with E-state index in [1.807, 2.05) is 13.8 Å². The fourth-order valence-electron chi connectivity index (χ4n) is 1.28. The minimum absolute atomic E-state index is 0.0641. The molecule has 0 radical (unpaired) electrons. The lowest BCUT2D eigenvalue weighted by atomic mass is 10.1. The third-order valence-electron chi connectivity index (χ3n) is 2.25. The van der Waals surface area contributed by atoms with Crippen molar-refractivity contribution in [1.29, 1.82) is 0 Å². The number of carbonyl (C=O) groups is 1. The maximum absolute atomic E-state index is 13.3. The lowest BCUT2D eigenvalue weighted by molar-refractivity contribution is -0.124. The van der Waals surface area contributed by atoms with Crippen molar-refractivity contribution in [2.24, 2.45) is 5.92 Å². The lowest BCUT2D eigenvalue weighted by Crippen LogP contribution is -2.30. The van der Waals surface area contributed by atoms with Gasteiger partial charge in [-0.15, -0.1) is 0 Å². The molecule has 2 nitrogen and oxygen atoms in total. The predicted molar refractivity (Wildman–Crippen MR) is 57.8 cm³/mol. The first-order valence-electron chi connectivity index (χ1n) is 5.07. The van der Waals surface area contributed by atoms with Crippen molar-refractivity contribution in [2.75, 3.05) is 0 Å². The van der Waals surface area contributed by atoms with Gasteiger partial charge in [-0.05, 0) is 13.0 Å². The minimum Gasteiger partial charge on any atom is -0.349 e. The van der Waals surface area contributed by atoms with Crippen molar-refractivity contribution >= 4 is 5.91 Å². The molecule has 0 spiro atoms. The summed E-state index contributed by atoms with van der Waals surface area (Å²) in [5.41, 5.74) is 0.520. The van der Waals surface area contributed by atoms with E-state index in [2.05, 4.69) is 5.32 Å². The Morgan fingerprint density at radius 3 is 2.40 bits per heavy atom. The first-order chi connectivity index (χ1) is 7.02. The van der Waals surface area contributed by atoms with Crippen molar-refractivity contribution in [3.05, 3.63) is 35.6 Å². The summed E-state index contributed by atoms with van der Waals surface area (Å²) in [4.78, 5) is 11.4. The third-order valence-corrected chi connectivity index (χ3v) is 2.25. The van der Waals surface area contributed by atoms with Crippen molar-refractivity contribution in [1.82, 2.24) is 5.32 Å². The van der Waals surface area contributed by atoms with Crippen LogP contribution in [0.15, 0.2) is 24.3 Å². The van der Waals surface area contributed by atoms with Crippen LogP contribution in [0.5, 0.6) is 0 Å². The molecule has 1 atom stereocenters. The van der Waals surface area contributed by atoms with Gasteiger partial charge in [0, 0.05) is 11.5 Å². The Labute approximate surface area is 89.5 Å². The van der Waals surface area contributed by atoms with Gasteiger partial charge in [-0.2, -0.15) is 0 Å². The van der Waals surface area contributed by atoms with Crippen LogP contribution in [0.3, 0.4) is 0 Å². The zero-order valence-electron chi connectivity index (χ0n) is 9.25. The van der Waals surface area contributed by atoms with Gasteiger partial charge in [-0.1, -0.05) is 32.0 Å². The number of hydrogen-bond donors (Lipinski definition) is 1. The van der Waals surface area contributed by atoms with E-state index < -0.39 is 0 Å². The van der Waals surface area contributed by atoms with Crippen LogP contribution in [0.2, 0.25) is 0 Å². The first-order valence-corrected chi connectivity index (χ1v) is 5.07. The summed E-state index contributed by atoms with van der Waals surface area (Å²) in [5, 5.41) is 2.76. The van der Waals surface area contributed by atoms with Gasteiger partial charge in [-0.3, -0.25) is 4.79 Å². The fourth-order valence-corrected chi connectivity index (χ4v) is 1.28. The molecule has 0 unspecified atom stereocenters. The van der Waals surface area contributed by atoms with E-state index in [0.717, 1.165) is 0 Å². The Morgan fingerprint density at radius 1 is 1.27 bits per heavy atom. The second kappa shape index (κ2) is 4.91. The van der Waals surface area contributed by atoms with Gasteiger partial charge in [0.1, 0.15) is 5.82 Å². The van der Waals surface area contributed by atoms with Crippen LogP contribution in [-0.2, 0) is 4.79 Å². The minimum atomic E-state index is -0.291. The standard InChI is InChI=1S/C12H16FNO/c1-8(2)12(15)14-9(3)10-6-4-5-7-11(10)13/h4-9H,1-3H3,(H,14,15)/t9-/m1/s1. The maximum Gasteiger partial charge on any atom is 0.223 e. The number of halogens is 1. The van der Waals surface area contributed by atoms with Gasteiger partial charge in [0.25, 0.3) is 0 Å². The summed E-state index contributed by atoms with van der Waals surface area (Å²) < 4.78 is 13.3. The van der Waals surface area contributed by atoms with Gasteiger partial charge >= 0.3 is 0 Å². The number of hydrogen-bond acceptors (Lipinski definition) is 1. The van der Waals surface area contributed by atoms with Crippen molar-refractivity contribution in [3.63, 3.8) is 0 Å². The fraction of sp³-hybridized carbons (Fsp3) is 0.417. The average molecular weight is 209 g/mol. The van der Waals surface area contributed by atoms with Gasteiger partial charge in [-0.25, -0.2) is 4.39 Å². The first kappa shape index (κ1) is 11.7. The molecular weight excluding hydrogens is 193 g/mol. The molecule has 0 fully saturated rings. The van der Waals surface area contributed by atoms with Crippen LogP contribution in [0.4, 0.5) is 4.39 Å². The van der Waals surface area contributed by atoms with Gasteiger partial charge in [0.05, 0.1) is 6.04 Å². The summed E-state index contributed by atoms with van der Waals surface area (Å²) in [6, 6.07) is 6.18. The van der Waals surface area contributed by atoms with Gasteiger partial charge in [0.2, 0.25) is 5.91 Å². The van der Waals surface area contributed by atoms with E-state index in [1.54, 1.807) is 25.1 Å². The van der Waals surface area contributed by atoms with Crippen LogP contribution >= 0.6 is 0 Å². The van der Waals surface area contributed by atoms with Gasteiger partial charge < -0.3 is 5.32 Å². The maximum atomic E-state index is 13.3. The Kier molecular flexibility index (Phi) is 3.83. The molecule has 0 aliphatic heterocycles. The molecule has 1 rings (SSSR count). The highest BCUT2D eigenvalue weighted by molar-refractivity contribution is 5.78. The molecule has 3 heteroatoms. The Hall–Kier alpha value is -1.38. The van der Waals surface area contributed by atoms with E-state index in [1.165, 1.54) is 6.07 Å². The quantitative estimate of drug-likeness (QED) is 0.814. The molecular formula is C12H16FNO. The van der Waals surface area contributed by atoms with E-state index in [9.17, 15) is 9.18 Å². The molecule has 1 amide bonds. The third kappa shape index (κ3) is 3.05. The van der Waals surface area contributed by atoms with Crippen molar-refractivity contribution in [2.45, 2.75) is 26.8 Å². The molecule has 0 heterocycles. The number of nitrogens with one attached hydrogen (secondary N) is 1. The molecule has 0 aliphatic rings. The van der Waals surface area contributed by atoms with E-state index in [4.69, 9.17) is 0 Å². The van der Waals surface area contributed by atoms with Crippen LogP contribution in [0.1, 0.15) is 32.4 Å². The number of rotatable bonds is 3. The summed E-state index contributed by atoms with van der Waals surface area (Å²) >= 11 is 0. The largest absolute Gasteiger partial charge is 0.349 e. The number of carbonyl (C=O) groups excluding carboxylic acids is 1. The zero-order chi connectivity index (χ0) is 11.4. The van der Waals surface area contributed by atoms with Crippen LogP contribution in [0.25, 0.3) is 0 Å². The molecule has 1 aromatic carbocycles. The van der Waals surface area contributed by atoms with E-state index in [-0.39, 0.29) is 23.7 Å². The van der Waals surface area contributed by atoms with Gasteiger partial charge in [0.15, 0.2) is 0 Å². The van der Waals surface area contributed by atoms with Crippen LogP contribution in [0, 0.1) is 11.7 Å². The topological polar surface area (TPSA) is 29.1 Å².